The molecule has 0 fully saturated rings. The summed E-state index contributed by atoms with van der Waals surface area (Å²) in [7, 11) is 0. The van der Waals surface area contributed by atoms with Gasteiger partial charge >= 0.3 is 0 Å². The molecule has 2 aromatic rings. The molecule has 0 saturated carbocycles. The molecule has 0 saturated heterocycles. The summed E-state index contributed by atoms with van der Waals surface area (Å²) in [6.07, 6.45) is 4.49. The summed E-state index contributed by atoms with van der Waals surface area (Å²) < 4.78 is 0. The number of nitrogens with one attached hydrogen (secondary N) is 1. The predicted octanol–water partition coefficient (Wildman–Crippen LogP) is 4.05. The molecule has 1 amide bonds. The second-order valence-electron chi connectivity index (χ2n) is 4.96. The highest BCUT2D eigenvalue weighted by Gasteiger charge is 2.02. The molecule has 0 spiro atoms. The van der Waals surface area contributed by atoms with E-state index in [4.69, 9.17) is 0 Å². The summed E-state index contributed by atoms with van der Waals surface area (Å²) in [5.74, 6) is 0.125. The van der Waals surface area contributed by atoms with Gasteiger partial charge in [-0.25, -0.2) is 0 Å². The molecule has 0 bridgehead atoms. The molecule has 21 heavy (non-hydrogen) atoms. The van der Waals surface area contributed by atoms with Crippen molar-refractivity contribution in [3.63, 3.8) is 0 Å². The first-order valence-corrected chi connectivity index (χ1v) is 8.44. The second kappa shape index (κ2) is 8.53. The molecule has 1 N–H and O–H groups in total. The quantitative estimate of drug-likeness (QED) is 0.782. The molecular formula is C18H21NOS. The van der Waals surface area contributed by atoms with Crippen LogP contribution >= 0.6 is 11.8 Å². The Kier molecular flexibility index (Phi) is 6.35. The summed E-state index contributed by atoms with van der Waals surface area (Å²) in [4.78, 5) is 13.1. The Balaban J connectivity index is 1.67. The lowest BCUT2D eigenvalue weighted by Gasteiger charge is -2.06. The zero-order valence-corrected chi connectivity index (χ0v) is 13.2. The van der Waals surface area contributed by atoms with Crippen LogP contribution in [-0.2, 0) is 17.8 Å². The fourth-order valence-electron chi connectivity index (χ4n) is 2.13. The molecule has 0 aromatic heterocycles. The lowest BCUT2D eigenvalue weighted by molar-refractivity contribution is -0.121. The Bertz CT molecular complexity index is 551. The molecule has 0 aliphatic carbocycles. The monoisotopic (exact) mass is 299 g/mol. The number of benzene rings is 2. The van der Waals surface area contributed by atoms with Crippen molar-refractivity contribution < 1.29 is 4.79 Å². The molecule has 0 unspecified atom stereocenters. The average Bonchev–Trinajstić information content (AvgIpc) is 2.54. The van der Waals surface area contributed by atoms with Crippen LogP contribution in [0.4, 0.5) is 0 Å². The smallest absolute Gasteiger partial charge is 0.220 e. The Labute approximate surface area is 131 Å². The van der Waals surface area contributed by atoms with Gasteiger partial charge in [0.15, 0.2) is 0 Å². The van der Waals surface area contributed by atoms with Crippen molar-refractivity contribution in [3.8, 4) is 0 Å². The van der Waals surface area contributed by atoms with Crippen LogP contribution in [0, 0.1) is 0 Å². The number of carbonyl (C=O) groups is 1. The number of hydrogen-bond donors (Lipinski definition) is 1. The third-order valence-electron chi connectivity index (χ3n) is 3.36. The van der Waals surface area contributed by atoms with Crippen molar-refractivity contribution in [2.75, 3.05) is 6.26 Å². The van der Waals surface area contributed by atoms with E-state index in [0.29, 0.717) is 13.0 Å². The molecule has 0 aliphatic rings. The van der Waals surface area contributed by atoms with Gasteiger partial charge in [-0.3, -0.25) is 4.79 Å². The topological polar surface area (TPSA) is 29.1 Å². The molecule has 0 aliphatic heterocycles. The number of hydrogen-bond acceptors (Lipinski definition) is 2. The maximum atomic E-state index is 11.8. The van der Waals surface area contributed by atoms with Gasteiger partial charge in [0.05, 0.1) is 0 Å². The van der Waals surface area contributed by atoms with Crippen LogP contribution in [0.15, 0.2) is 59.5 Å². The van der Waals surface area contributed by atoms with E-state index in [-0.39, 0.29) is 5.91 Å². The van der Waals surface area contributed by atoms with Gasteiger partial charge in [-0.1, -0.05) is 42.5 Å². The number of aryl methyl sites for hydroxylation is 1. The van der Waals surface area contributed by atoms with Gasteiger partial charge in [-0.05, 0) is 42.4 Å². The lowest BCUT2D eigenvalue weighted by atomic mass is 10.1. The van der Waals surface area contributed by atoms with E-state index in [0.717, 1.165) is 18.4 Å². The molecule has 0 heterocycles. The first-order chi connectivity index (χ1) is 10.3. The lowest BCUT2D eigenvalue weighted by Crippen LogP contribution is -2.22. The van der Waals surface area contributed by atoms with E-state index in [2.05, 4.69) is 48.0 Å². The van der Waals surface area contributed by atoms with E-state index < -0.39 is 0 Å². The van der Waals surface area contributed by atoms with Gasteiger partial charge in [0, 0.05) is 17.9 Å². The Hall–Kier alpha value is -1.74. The average molecular weight is 299 g/mol. The highest BCUT2D eigenvalue weighted by molar-refractivity contribution is 7.98. The van der Waals surface area contributed by atoms with Crippen LogP contribution in [-0.4, -0.2) is 12.2 Å². The fourth-order valence-corrected chi connectivity index (χ4v) is 2.54. The van der Waals surface area contributed by atoms with Crippen molar-refractivity contribution in [2.45, 2.75) is 30.7 Å². The van der Waals surface area contributed by atoms with E-state index in [1.54, 1.807) is 11.8 Å². The van der Waals surface area contributed by atoms with Gasteiger partial charge in [0.1, 0.15) is 0 Å². The number of amides is 1. The SMILES string of the molecule is CSc1ccc(CNC(=O)CCCc2ccccc2)cc1. The Morgan fingerprint density at radius 1 is 1.00 bits per heavy atom. The minimum atomic E-state index is 0.125. The van der Waals surface area contributed by atoms with E-state index >= 15 is 0 Å². The minimum Gasteiger partial charge on any atom is -0.352 e. The molecule has 3 heteroatoms. The van der Waals surface area contributed by atoms with Crippen LogP contribution in [0.5, 0.6) is 0 Å². The van der Waals surface area contributed by atoms with Crippen molar-refractivity contribution in [2.24, 2.45) is 0 Å². The molecule has 2 aromatic carbocycles. The molecular weight excluding hydrogens is 278 g/mol. The summed E-state index contributed by atoms with van der Waals surface area (Å²) in [5.41, 5.74) is 2.43. The van der Waals surface area contributed by atoms with Gasteiger partial charge in [-0.15, -0.1) is 11.8 Å². The maximum Gasteiger partial charge on any atom is 0.220 e. The van der Waals surface area contributed by atoms with E-state index in [9.17, 15) is 4.79 Å². The standard InChI is InChI=1S/C18H21NOS/c1-21-17-12-10-16(11-13-17)14-19-18(20)9-5-8-15-6-3-2-4-7-15/h2-4,6-7,10-13H,5,8-9,14H2,1H3,(H,19,20). The van der Waals surface area contributed by atoms with E-state index in [1.165, 1.54) is 10.5 Å². The van der Waals surface area contributed by atoms with Crippen molar-refractivity contribution in [1.29, 1.82) is 0 Å². The predicted molar refractivity (Wildman–Crippen MR) is 89.4 cm³/mol. The zero-order chi connectivity index (χ0) is 14.9. The number of carbonyl (C=O) groups excluding carboxylic acids is 1. The van der Waals surface area contributed by atoms with E-state index in [1.807, 2.05) is 18.2 Å². The highest BCUT2D eigenvalue weighted by atomic mass is 32.2. The molecule has 0 radical (unpaired) electrons. The summed E-state index contributed by atoms with van der Waals surface area (Å²) >= 11 is 1.72. The van der Waals surface area contributed by atoms with Crippen LogP contribution in [0.3, 0.4) is 0 Å². The molecule has 2 nitrogen and oxygen atoms in total. The first kappa shape index (κ1) is 15.6. The van der Waals surface area contributed by atoms with Gasteiger partial charge in [-0.2, -0.15) is 0 Å². The fraction of sp³-hybridized carbons (Fsp3) is 0.278. The minimum absolute atomic E-state index is 0.125. The van der Waals surface area contributed by atoms with Crippen molar-refractivity contribution in [3.05, 3.63) is 65.7 Å². The van der Waals surface area contributed by atoms with Gasteiger partial charge < -0.3 is 5.32 Å². The van der Waals surface area contributed by atoms with Crippen molar-refractivity contribution in [1.82, 2.24) is 5.32 Å². The van der Waals surface area contributed by atoms with Crippen LogP contribution in [0.2, 0.25) is 0 Å². The Morgan fingerprint density at radius 2 is 1.71 bits per heavy atom. The number of rotatable bonds is 7. The number of thioether (sulfide) groups is 1. The highest BCUT2D eigenvalue weighted by Crippen LogP contribution is 2.14. The molecule has 2 rings (SSSR count). The molecule has 0 atom stereocenters. The Morgan fingerprint density at radius 3 is 2.38 bits per heavy atom. The van der Waals surface area contributed by atoms with Crippen LogP contribution in [0.1, 0.15) is 24.0 Å². The maximum absolute atomic E-state index is 11.8. The van der Waals surface area contributed by atoms with Gasteiger partial charge in [0.25, 0.3) is 0 Å². The largest absolute Gasteiger partial charge is 0.352 e. The normalized spacial score (nSPS) is 10.3. The summed E-state index contributed by atoms with van der Waals surface area (Å²) in [5, 5.41) is 2.98. The van der Waals surface area contributed by atoms with Crippen LogP contribution in [0.25, 0.3) is 0 Å². The van der Waals surface area contributed by atoms with Crippen molar-refractivity contribution >= 4 is 17.7 Å². The third kappa shape index (κ3) is 5.64. The van der Waals surface area contributed by atoms with Gasteiger partial charge in [0.2, 0.25) is 5.91 Å². The third-order valence-corrected chi connectivity index (χ3v) is 4.10. The zero-order valence-electron chi connectivity index (χ0n) is 12.3. The first-order valence-electron chi connectivity index (χ1n) is 7.21. The second-order valence-corrected chi connectivity index (χ2v) is 5.84. The summed E-state index contributed by atoms with van der Waals surface area (Å²) in [6.45, 7) is 0.610. The molecule has 110 valence electrons. The van der Waals surface area contributed by atoms with Crippen LogP contribution < -0.4 is 5.32 Å². The summed E-state index contributed by atoms with van der Waals surface area (Å²) in [6, 6.07) is 18.6.